The molecule has 0 aromatic heterocycles. The van der Waals surface area contributed by atoms with Gasteiger partial charge in [0, 0.05) is 24.7 Å². The molecule has 6 heteroatoms. The Morgan fingerprint density at radius 1 is 1.07 bits per heavy atom. The number of halogens is 1. The van der Waals surface area contributed by atoms with Gasteiger partial charge in [0.15, 0.2) is 0 Å². The van der Waals surface area contributed by atoms with Gasteiger partial charge in [0.2, 0.25) is 0 Å². The average Bonchev–Trinajstić information content (AvgIpc) is 3.29. The first kappa shape index (κ1) is 30.5. The third kappa shape index (κ3) is 6.09. The highest BCUT2D eigenvalue weighted by Gasteiger charge is 2.57. The van der Waals surface area contributed by atoms with Gasteiger partial charge in [0.25, 0.3) is 5.91 Å². The Kier molecular flexibility index (Phi) is 9.57. The summed E-state index contributed by atoms with van der Waals surface area (Å²) >= 11 is 0. The second kappa shape index (κ2) is 13.2. The number of carbonyl (C=O) groups is 1. The van der Waals surface area contributed by atoms with Crippen molar-refractivity contribution in [2.45, 2.75) is 103 Å². The second-order valence-corrected chi connectivity index (χ2v) is 13.4. The molecular formula is C36H47FN2O3. The van der Waals surface area contributed by atoms with Crippen molar-refractivity contribution in [2.24, 2.45) is 23.2 Å². The number of aliphatic hydroxyl groups is 1. The van der Waals surface area contributed by atoms with Crippen molar-refractivity contribution in [3.05, 3.63) is 64.5 Å². The van der Waals surface area contributed by atoms with E-state index in [1.807, 2.05) is 4.90 Å². The molecule has 3 aliphatic rings. The summed E-state index contributed by atoms with van der Waals surface area (Å²) in [6, 6.07) is 12.1. The molecule has 5 rings (SSSR count). The summed E-state index contributed by atoms with van der Waals surface area (Å²) in [6.07, 6.45) is 11.4. The Bertz CT molecular complexity index is 1290. The van der Waals surface area contributed by atoms with Crippen LogP contribution in [0.15, 0.2) is 36.4 Å². The highest BCUT2D eigenvalue weighted by molar-refractivity contribution is 5.94. The molecule has 2 fully saturated rings. The molecule has 5 nitrogen and oxygen atoms in total. The monoisotopic (exact) mass is 574 g/mol. The van der Waals surface area contributed by atoms with Gasteiger partial charge in [-0.3, -0.25) is 4.79 Å². The van der Waals surface area contributed by atoms with Crippen molar-refractivity contribution in [1.82, 2.24) is 4.90 Å². The van der Waals surface area contributed by atoms with Crippen LogP contribution in [0.2, 0.25) is 0 Å². The Balaban J connectivity index is 1.29. The summed E-state index contributed by atoms with van der Waals surface area (Å²) in [5.74, 6) is 0.961. The lowest BCUT2D eigenvalue weighted by molar-refractivity contribution is -0.0402. The highest BCUT2D eigenvalue weighted by Crippen LogP contribution is 2.63. The number of fused-ring (bicyclic) bond motifs is 5. The van der Waals surface area contributed by atoms with Crippen LogP contribution in [0.5, 0.6) is 5.75 Å². The number of nitrogens with zero attached hydrogens (tertiary/aromatic N) is 2. The number of amides is 1. The number of unbranched alkanes of at least 4 members (excludes halogenated alkanes) is 4. The maximum absolute atomic E-state index is 15.3. The van der Waals surface area contributed by atoms with Gasteiger partial charge in [-0.05, 0) is 122 Å². The van der Waals surface area contributed by atoms with E-state index in [1.165, 1.54) is 6.07 Å². The van der Waals surface area contributed by atoms with Gasteiger partial charge in [-0.15, -0.1) is 0 Å². The van der Waals surface area contributed by atoms with Crippen LogP contribution in [0.3, 0.4) is 0 Å². The molecule has 0 unspecified atom stereocenters. The molecule has 1 amide bonds. The molecule has 3 aliphatic carbocycles. The zero-order chi connectivity index (χ0) is 29.9. The fourth-order valence-electron chi connectivity index (χ4n) is 8.74. The zero-order valence-electron chi connectivity index (χ0n) is 25.3. The van der Waals surface area contributed by atoms with Crippen molar-refractivity contribution in [3.63, 3.8) is 0 Å². The fraction of sp³-hybridized carbons (Fsp3) is 0.611. The highest BCUT2D eigenvalue weighted by atomic mass is 19.1. The van der Waals surface area contributed by atoms with Gasteiger partial charge in [-0.25, -0.2) is 4.39 Å². The van der Waals surface area contributed by atoms with Crippen molar-refractivity contribution in [2.75, 3.05) is 13.1 Å². The molecular weight excluding hydrogens is 527 g/mol. The van der Waals surface area contributed by atoms with Crippen molar-refractivity contribution < 1.29 is 19.4 Å². The number of phenolic OH excluding ortho intramolecular Hbond substituents is 1. The van der Waals surface area contributed by atoms with Gasteiger partial charge >= 0.3 is 0 Å². The fourth-order valence-corrected chi connectivity index (χ4v) is 8.74. The predicted octanol–water partition coefficient (Wildman–Crippen LogP) is 7.74. The van der Waals surface area contributed by atoms with Crippen LogP contribution in [0, 0.1) is 40.3 Å². The Hall–Kier alpha value is -2.91. The second-order valence-electron chi connectivity index (χ2n) is 13.4. The van der Waals surface area contributed by atoms with E-state index in [2.05, 4.69) is 19.9 Å². The largest absolute Gasteiger partial charge is 0.508 e. The molecule has 0 saturated heterocycles. The molecule has 0 aliphatic heterocycles. The Labute approximate surface area is 250 Å². The van der Waals surface area contributed by atoms with Crippen molar-refractivity contribution in [1.29, 1.82) is 5.26 Å². The summed E-state index contributed by atoms with van der Waals surface area (Å²) in [4.78, 5) is 15.4. The standard InChI is InChI=1S/C36H47FN2O3/c1-3-4-5-7-18-39(35(42)25-12-10-24(23-38)11-13-25)19-8-6-9-26-20-27-21-28(40)22-31(37)34(27)29-16-17-36(2)30(33(26)29)14-15-32(36)41/h10-13,21-22,26,29-30,32-33,40-41H,3-9,14-20H2,1-2H3/t26-,29+,30+,32+,33-,36+/m1/s1. The number of benzene rings is 2. The first-order valence-corrected chi connectivity index (χ1v) is 16.3. The minimum absolute atomic E-state index is 0.000385. The molecule has 6 atom stereocenters. The van der Waals surface area contributed by atoms with E-state index in [0.29, 0.717) is 35.4 Å². The molecule has 2 N–H and O–H groups in total. The van der Waals surface area contributed by atoms with E-state index in [4.69, 9.17) is 5.26 Å². The first-order chi connectivity index (χ1) is 20.3. The quantitative estimate of drug-likeness (QED) is 0.269. The number of rotatable bonds is 11. The number of hydrogen-bond acceptors (Lipinski definition) is 4. The topological polar surface area (TPSA) is 84.6 Å². The number of aromatic hydroxyl groups is 1. The summed E-state index contributed by atoms with van der Waals surface area (Å²) < 4.78 is 15.3. The van der Waals surface area contributed by atoms with Crippen molar-refractivity contribution in [3.8, 4) is 11.8 Å². The number of phenols is 1. The molecule has 226 valence electrons. The van der Waals surface area contributed by atoms with E-state index < -0.39 is 0 Å². The van der Waals surface area contributed by atoms with Crippen LogP contribution in [0.1, 0.15) is 117 Å². The van der Waals surface area contributed by atoms with Gasteiger partial charge in [-0.2, -0.15) is 5.26 Å². The SMILES string of the molecule is CCCCCCN(CCCC[C@@H]1Cc2cc(O)cc(F)c2[C@H]2CC[C@]3(C)[C@@H](O)CC[C@H]3[C@H]12)C(=O)c1ccc(C#N)cc1. The summed E-state index contributed by atoms with van der Waals surface area (Å²) in [6.45, 7) is 5.86. The lowest BCUT2D eigenvalue weighted by Gasteiger charge is -2.53. The lowest BCUT2D eigenvalue weighted by atomic mass is 9.52. The van der Waals surface area contributed by atoms with E-state index in [-0.39, 0.29) is 34.9 Å². The molecule has 2 saturated carbocycles. The van der Waals surface area contributed by atoms with Crippen LogP contribution in [0.4, 0.5) is 4.39 Å². The summed E-state index contributed by atoms with van der Waals surface area (Å²) in [7, 11) is 0. The number of nitriles is 1. The normalized spacial score (nSPS) is 27.9. The molecule has 2 aromatic rings. The minimum Gasteiger partial charge on any atom is -0.508 e. The molecule has 0 bridgehead atoms. The first-order valence-electron chi connectivity index (χ1n) is 16.3. The molecule has 0 radical (unpaired) electrons. The van der Waals surface area contributed by atoms with Crippen LogP contribution >= 0.6 is 0 Å². The maximum atomic E-state index is 15.3. The smallest absolute Gasteiger partial charge is 0.253 e. The molecule has 2 aromatic carbocycles. The van der Waals surface area contributed by atoms with Gasteiger partial charge in [-0.1, -0.05) is 39.5 Å². The van der Waals surface area contributed by atoms with Crippen LogP contribution in [-0.2, 0) is 6.42 Å². The van der Waals surface area contributed by atoms with Gasteiger partial charge in [0.1, 0.15) is 11.6 Å². The minimum atomic E-state index is -0.287. The van der Waals surface area contributed by atoms with Crippen LogP contribution in [0.25, 0.3) is 0 Å². The zero-order valence-corrected chi connectivity index (χ0v) is 25.3. The number of aliphatic hydroxyl groups excluding tert-OH is 1. The average molecular weight is 575 g/mol. The van der Waals surface area contributed by atoms with Crippen molar-refractivity contribution >= 4 is 5.91 Å². The Morgan fingerprint density at radius 3 is 2.52 bits per heavy atom. The van der Waals surface area contributed by atoms with E-state index >= 15 is 4.39 Å². The predicted molar refractivity (Wildman–Crippen MR) is 163 cm³/mol. The maximum Gasteiger partial charge on any atom is 0.253 e. The van der Waals surface area contributed by atoms with E-state index in [9.17, 15) is 15.0 Å². The lowest BCUT2D eigenvalue weighted by Crippen LogP contribution is -2.47. The van der Waals surface area contributed by atoms with E-state index in [0.717, 1.165) is 94.7 Å². The van der Waals surface area contributed by atoms with Gasteiger partial charge < -0.3 is 15.1 Å². The summed E-state index contributed by atoms with van der Waals surface area (Å²) in [5.41, 5.74) is 2.83. The van der Waals surface area contributed by atoms with E-state index in [1.54, 1.807) is 30.3 Å². The van der Waals surface area contributed by atoms with Gasteiger partial charge in [0.05, 0.1) is 17.7 Å². The van der Waals surface area contributed by atoms with Crippen LogP contribution < -0.4 is 0 Å². The van der Waals surface area contributed by atoms with Crippen LogP contribution in [-0.4, -0.2) is 40.2 Å². The Morgan fingerprint density at radius 2 is 1.81 bits per heavy atom. The third-order valence-corrected chi connectivity index (χ3v) is 11.0. The molecule has 42 heavy (non-hydrogen) atoms. The molecule has 0 heterocycles. The third-order valence-electron chi connectivity index (χ3n) is 11.0. The summed E-state index contributed by atoms with van der Waals surface area (Å²) in [5, 5.41) is 30.3. The number of carbonyl (C=O) groups excluding carboxylic acids is 1. The number of hydrogen-bond donors (Lipinski definition) is 2. The molecule has 0 spiro atoms.